The van der Waals surface area contributed by atoms with Gasteiger partial charge in [0, 0.05) is 31.0 Å². The Morgan fingerprint density at radius 3 is 2.57 bits per heavy atom. The molecule has 122 valence electrons. The predicted octanol–water partition coefficient (Wildman–Crippen LogP) is 2.67. The molecule has 0 amide bonds. The Morgan fingerprint density at radius 1 is 1.09 bits per heavy atom. The minimum atomic E-state index is 0. The molecule has 2 aromatic rings. The van der Waals surface area contributed by atoms with E-state index in [4.69, 9.17) is 4.74 Å². The zero-order valence-electron chi connectivity index (χ0n) is 13.1. The smallest absolute Gasteiger partial charge is 0.142 e. The molecule has 1 aromatic heterocycles. The van der Waals surface area contributed by atoms with Crippen LogP contribution in [0.2, 0.25) is 0 Å². The number of piperazine rings is 1. The third-order valence-electron chi connectivity index (χ3n) is 3.74. The summed E-state index contributed by atoms with van der Waals surface area (Å²) < 4.78 is 5.44. The molecule has 0 atom stereocenters. The molecule has 1 aromatic carbocycles. The first-order valence-electron chi connectivity index (χ1n) is 7.44. The Kier molecular flexibility index (Phi) is 6.23. The molecule has 2 heterocycles. The number of benzene rings is 1. The summed E-state index contributed by atoms with van der Waals surface area (Å²) in [6, 6.07) is 12.1. The summed E-state index contributed by atoms with van der Waals surface area (Å²) >= 11 is 0. The van der Waals surface area contributed by atoms with Crippen molar-refractivity contribution in [2.45, 2.75) is 0 Å². The van der Waals surface area contributed by atoms with E-state index in [1.165, 1.54) is 0 Å². The maximum absolute atomic E-state index is 5.44. The maximum atomic E-state index is 5.44. The van der Waals surface area contributed by atoms with Crippen molar-refractivity contribution >= 4 is 24.3 Å². The van der Waals surface area contributed by atoms with Gasteiger partial charge >= 0.3 is 0 Å². The molecule has 1 aliphatic rings. The zero-order valence-corrected chi connectivity index (χ0v) is 13.9. The van der Waals surface area contributed by atoms with Crippen molar-refractivity contribution in [3.8, 4) is 5.75 Å². The standard InChI is InChI=1S/C17H20N4O.ClH/c1-22-17-7-3-2-6-16(17)20-9-11-21(12-10-20)19-14-15-5-4-8-18-13-15;/h2-8,13-14H,9-12H2,1H3;1H/b19-14-;. The SMILES string of the molecule is COc1ccccc1N1CCN(/N=C\c2cccnc2)CC1.Cl. The number of rotatable bonds is 4. The number of ether oxygens (including phenoxy) is 1. The second-order valence-electron chi connectivity index (χ2n) is 5.14. The number of hydrazone groups is 1. The van der Waals surface area contributed by atoms with Gasteiger partial charge in [-0.1, -0.05) is 18.2 Å². The van der Waals surface area contributed by atoms with Crippen LogP contribution in [0.25, 0.3) is 0 Å². The molecule has 23 heavy (non-hydrogen) atoms. The molecule has 1 aliphatic heterocycles. The van der Waals surface area contributed by atoms with Gasteiger partial charge in [-0.05, 0) is 18.2 Å². The van der Waals surface area contributed by atoms with Crippen LogP contribution in [-0.4, -0.2) is 49.5 Å². The van der Waals surface area contributed by atoms with E-state index >= 15 is 0 Å². The number of hydrogen-bond acceptors (Lipinski definition) is 5. The molecule has 0 N–H and O–H groups in total. The lowest BCUT2D eigenvalue weighted by Crippen LogP contribution is -2.44. The Bertz CT molecular complexity index is 628. The van der Waals surface area contributed by atoms with Gasteiger partial charge in [-0.2, -0.15) is 5.10 Å². The van der Waals surface area contributed by atoms with E-state index in [0.717, 1.165) is 43.2 Å². The van der Waals surface area contributed by atoms with Gasteiger partial charge in [0.25, 0.3) is 0 Å². The summed E-state index contributed by atoms with van der Waals surface area (Å²) in [7, 11) is 1.72. The number of para-hydroxylation sites is 2. The van der Waals surface area contributed by atoms with E-state index < -0.39 is 0 Å². The van der Waals surface area contributed by atoms with Crippen molar-refractivity contribution in [1.29, 1.82) is 0 Å². The summed E-state index contributed by atoms with van der Waals surface area (Å²) in [6.07, 6.45) is 5.45. The third kappa shape index (κ3) is 4.36. The van der Waals surface area contributed by atoms with Crippen LogP contribution in [0.5, 0.6) is 5.75 Å². The molecule has 5 nitrogen and oxygen atoms in total. The molecule has 6 heteroatoms. The van der Waals surface area contributed by atoms with E-state index in [1.54, 1.807) is 13.3 Å². The maximum Gasteiger partial charge on any atom is 0.142 e. The fourth-order valence-electron chi connectivity index (χ4n) is 2.54. The van der Waals surface area contributed by atoms with E-state index in [9.17, 15) is 0 Å². The van der Waals surface area contributed by atoms with Gasteiger partial charge in [0.1, 0.15) is 5.75 Å². The van der Waals surface area contributed by atoms with Gasteiger partial charge in [0.05, 0.1) is 32.1 Å². The lowest BCUT2D eigenvalue weighted by atomic mass is 10.2. The van der Waals surface area contributed by atoms with Crippen LogP contribution in [0.15, 0.2) is 53.9 Å². The molecular weight excluding hydrogens is 312 g/mol. The van der Waals surface area contributed by atoms with Crippen molar-refractivity contribution in [2.24, 2.45) is 5.10 Å². The Hall–Kier alpha value is -2.27. The van der Waals surface area contributed by atoms with E-state index in [-0.39, 0.29) is 12.4 Å². The molecule has 0 spiro atoms. The van der Waals surface area contributed by atoms with Gasteiger partial charge in [-0.3, -0.25) is 9.99 Å². The Balaban J connectivity index is 0.00000192. The highest BCUT2D eigenvalue weighted by Gasteiger charge is 2.18. The number of methoxy groups -OCH3 is 1. The van der Waals surface area contributed by atoms with Crippen molar-refractivity contribution in [2.75, 3.05) is 38.2 Å². The monoisotopic (exact) mass is 332 g/mol. The van der Waals surface area contributed by atoms with Crippen LogP contribution < -0.4 is 9.64 Å². The second-order valence-corrected chi connectivity index (χ2v) is 5.14. The highest BCUT2D eigenvalue weighted by molar-refractivity contribution is 5.85. The molecule has 0 bridgehead atoms. The van der Waals surface area contributed by atoms with Gasteiger partial charge < -0.3 is 9.64 Å². The number of hydrogen-bond donors (Lipinski definition) is 0. The first-order chi connectivity index (χ1) is 10.9. The number of halogens is 1. The average molecular weight is 333 g/mol. The number of nitrogens with zero attached hydrogens (tertiary/aromatic N) is 4. The van der Waals surface area contributed by atoms with Crippen molar-refractivity contribution in [3.05, 3.63) is 54.4 Å². The molecule has 0 aliphatic carbocycles. The molecule has 0 radical (unpaired) electrons. The normalized spacial score (nSPS) is 14.7. The predicted molar refractivity (Wildman–Crippen MR) is 95.9 cm³/mol. The molecular formula is C17H21ClN4O. The molecule has 1 saturated heterocycles. The zero-order chi connectivity index (χ0) is 15.2. The third-order valence-corrected chi connectivity index (χ3v) is 3.74. The fourth-order valence-corrected chi connectivity index (χ4v) is 2.54. The van der Waals surface area contributed by atoms with Crippen LogP contribution >= 0.6 is 12.4 Å². The minimum absolute atomic E-state index is 0. The molecule has 1 fully saturated rings. The minimum Gasteiger partial charge on any atom is -0.495 e. The Labute approximate surface area is 143 Å². The Morgan fingerprint density at radius 2 is 1.87 bits per heavy atom. The largest absolute Gasteiger partial charge is 0.495 e. The quantitative estimate of drug-likeness (QED) is 0.807. The topological polar surface area (TPSA) is 41.0 Å². The first kappa shape index (κ1) is 17.1. The van der Waals surface area contributed by atoms with Gasteiger partial charge in [0.2, 0.25) is 0 Å². The fraction of sp³-hybridized carbons (Fsp3) is 0.294. The molecule has 0 saturated carbocycles. The lowest BCUT2D eigenvalue weighted by molar-refractivity contribution is 0.271. The van der Waals surface area contributed by atoms with Crippen molar-refractivity contribution in [3.63, 3.8) is 0 Å². The summed E-state index contributed by atoms with van der Waals surface area (Å²) in [4.78, 5) is 6.43. The lowest BCUT2D eigenvalue weighted by Gasteiger charge is -2.35. The van der Waals surface area contributed by atoms with Crippen molar-refractivity contribution in [1.82, 2.24) is 9.99 Å². The number of anilines is 1. The highest BCUT2D eigenvalue weighted by Crippen LogP contribution is 2.28. The van der Waals surface area contributed by atoms with Crippen LogP contribution in [0, 0.1) is 0 Å². The highest BCUT2D eigenvalue weighted by atomic mass is 35.5. The number of aromatic nitrogens is 1. The molecule has 3 rings (SSSR count). The second kappa shape index (κ2) is 8.39. The van der Waals surface area contributed by atoms with Crippen molar-refractivity contribution < 1.29 is 4.74 Å². The number of pyridine rings is 1. The summed E-state index contributed by atoms with van der Waals surface area (Å²) in [6.45, 7) is 3.67. The van der Waals surface area contributed by atoms with E-state index in [0.29, 0.717) is 0 Å². The summed E-state index contributed by atoms with van der Waals surface area (Å²) in [5, 5.41) is 6.63. The van der Waals surface area contributed by atoms with E-state index in [1.807, 2.05) is 42.7 Å². The van der Waals surface area contributed by atoms with E-state index in [2.05, 4.69) is 26.1 Å². The van der Waals surface area contributed by atoms with Crippen LogP contribution in [-0.2, 0) is 0 Å². The first-order valence-corrected chi connectivity index (χ1v) is 7.44. The van der Waals surface area contributed by atoms with Crippen LogP contribution in [0.4, 0.5) is 5.69 Å². The van der Waals surface area contributed by atoms with Crippen LogP contribution in [0.3, 0.4) is 0 Å². The molecule has 0 unspecified atom stereocenters. The average Bonchev–Trinajstić information content (AvgIpc) is 2.61. The van der Waals surface area contributed by atoms with Gasteiger partial charge in [-0.25, -0.2) is 0 Å². The van der Waals surface area contributed by atoms with Gasteiger partial charge in [-0.15, -0.1) is 12.4 Å². The van der Waals surface area contributed by atoms with Gasteiger partial charge in [0.15, 0.2) is 0 Å². The summed E-state index contributed by atoms with van der Waals surface area (Å²) in [5.74, 6) is 0.926. The summed E-state index contributed by atoms with van der Waals surface area (Å²) in [5.41, 5.74) is 2.18. The van der Waals surface area contributed by atoms with Crippen LogP contribution in [0.1, 0.15) is 5.56 Å².